The molecule has 30 heavy (non-hydrogen) atoms. The Labute approximate surface area is 175 Å². The first-order valence-electron chi connectivity index (χ1n) is 9.86. The SMILES string of the molecule is Cc1ccc(C)c(S(=O)(=O)N2CCC(c3noc(COc4cccnc4)n3)CC2)c1. The van der Waals surface area contributed by atoms with Crippen LogP contribution in [0.1, 0.15) is 41.6 Å². The van der Waals surface area contributed by atoms with Gasteiger partial charge in [-0.1, -0.05) is 17.3 Å². The molecule has 0 N–H and O–H groups in total. The second-order valence-electron chi connectivity index (χ2n) is 7.47. The molecule has 0 spiro atoms. The highest BCUT2D eigenvalue weighted by Crippen LogP contribution is 2.30. The number of hydrogen-bond donors (Lipinski definition) is 0. The number of aromatic nitrogens is 3. The summed E-state index contributed by atoms with van der Waals surface area (Å²) in [6.07, 6.45) is 4.58. The average Bonchev–Trinajstić information content (AvgIpc) is 3.24. The lowest BCUT2D eigenvalue weighted by Gasteiger charge is -2.30. The summed E-state index contributed by atoms with van der Waals surface area (Å²) in [6.45, 7) is 4.75. The highest BCUT2D eigenvalue weighted by Gasteiger charge is 2.32. The van der Waals surface area contributed by atoms with Crippen molar-refractivity contribution in [1.82, 2.24) is 19.4 Å². The summed E-state index contributed by atoms with van der Waals surface area (Å²) in [5.74, 6) is 1.68. The fourth-order valence-electron chi connectivity index (χ4n) is 3.55. The Hall–Kier alpha value is -2.78. The standard InChI is InChI=1S/C21H24N4O4S/c1-15-5-6-16(2)19(12-15)30(26,27)25-10-7-17(8-11-25)21-23-20(29-24-21)14-28-18-4-3-9-22-13-18/h3-6,9,12-13,17H,7-8,10-11,14H2,1-2H3. The maximum absolute atomic E-state index is 13.1. The molecule has 2 aromatic heterocycles. The minimum atomic E-state index is -3.51. The largest absolute Gasteiger partial charge is 0.482 e. The second kappa shape index (κ2) is 8.53. The molecule has 3 aromatic rings. The highest BCUT2D eigenvalue weighted by molar-refractivity contribution is 7.89. The molecule has 0 saturated carbocycles. The molecule has 1 saturated heterocycles. The van der Waals surface area contributed by atoms with E-state index in [0.29, 0.717) is 48.3 Å². The first-order valence-corrected chi connectivity index (χ1v) is 11.3. The van der Waals surface area contributed by atoms with Gasteiger partial charge in [0.05, 0.1) is 11.1 Å². The molecule has 8 nitrogen and oxygen atoms in total. The molecule has 1 aliphatic rings. The number of ether oxygens (including phenoxy) is 1. The fraction of sp³-hybridized carbons (Fsp3) is 0.381. The summed E-state index contributed by atoms with van der Waals surface area (Å²) in [7, 11) is -3.51. The number of nitrogens with zero attached hydrogens (tertiary/aromatic N) is 4. The fourth-order valence-corrected chi connectivity index (χ4v) is 5.33. The van der Waals surface area contributed by atoms with Crippen LogP contribution in [-0.2, 0) is 16.6 Å². The van der Waals surface area contributed by atoms with Crippen LogP contribution >= 0.6 is 0 Å². The van der Waals surface area contributed by atoms with Crippen molar-refractivity contribution in [3.63, 3.8) is 0 Å². The Balaban J connectivity index is 1.38. The topological polar surface area (TPSA) is 98.4 Å². The van der Waals surface area contributed by atoms with Gasteiger partial charge in [-0.15, -0.1) is 0 Å². The van der Waals surface area contributed by atoms with Crippen molar-refractivity contribution in [2.45, 2.75) is 44.1 Å². The van der Waals surface area contributed by atoms with Crippen molar-refractivity contribution in [1.29, 1.82) is 0 Å². The van der Waals surface area contributed by atoms with Crippen molar-refractivity contribution in [3.8, 4) is 5.75 Å². The molecular weight excluding hydrogens is 404 g/mol. The monoisotopic (exact) mass is 428 g/mol. The Morgan fingerprint density at radius 3 is 2.73 bits per heavy atom. The molecule has 9 heteroatoms. The molecule has 1 aliphatic heterocycles. The predicted octanol–water partition coefficient (Wildman–Crippen LogP) is 3.23. The van der Waals surface area contributed by atoms with Crippen LogP contribution in [0.25, 0.3) is 0 Å². The van der Waals surface area contributed by atoms with E-state index < -0.39 is 10.0 Å². The molecule has 0 amide bonds. The predicted molar refractivity (Wildman–Crippen MR) is 110 cm³/mol. The van der Waals surface area contributed by atoms with Crippen LogP contribution in [0.5, 0.6) is 5.75 Å². The summed E-state index contributed by atoms with van der Waals surface area (Å²) in [4.78, 5) is 8.80. The van der Waals surface area contributed by atoms with Crippen molar-refractivity contribution >= 4 is 10.0 Å². The van der Waals surface area contributed by atoms with Gasteiger partial charge < -0.3 is 9.26 Å². The van der Waals surface area contributed by atoms with Crippen LogP contribution in [0, 0.1) is 13.8 Å². The van der Waals surface area contributed by atoms with E-state index in [1.54, 1.807) is 34.9 Å². The third-order valence-corrected chi connectivity index (χ3v) is 7.30. The summed E-state index contributed by atoms with van der Waals surface area (Å²) < 4.78 is 38.6. The van der Waals surface area contributed by atoms with Crippen molar-refractivity contribution < 1.29 is 17.7 Å². The van der Waals surface area contributed by atoms with E-state index in [-0.39, 0.29) is 12.5 Å². The van der Waals surface area contributed by atoms with E-state index >= 15 is 0 Å². The molecule has 0 unspecified atom stereocenters. The van der Waals surface area contributed by atoms with Gasteiger partial charge in [-0.25, -0.2) is 8.42 Å². The zero-order valence-corrected chi connectivity index (χ0v) is 17.8. The molecule has 3 heterocycles. The zero-order chi connectivity index (χ0) is 21.1. The Bertz CT molecular complexity index is 1110. The molecule has 4 rings (SSSR count). The lowest BCUT2D eigenvalue weighted by atomic mass is 9.98. The van der Waals surface area contributed by atoms with Crippen LogP contribution in [0.3, 0.4) is 0 Å². The van der Waals surface area contributed by atoms with E-state index in [9.17, 15) is 8.42 Å². The molecule has 1 aromatic carbocycles. The zero-order valence-electron chi connectivity index (χ0n) is 17.0. The van der Waals surface area contributed by atoms with Gasteiger partial charge >= 0.3 is 0 Å². The van der Waals surface area contributed by atoms with Gasteiger partial charge in [0.15, 0.2) is 12.4 Å². The first-order chi connectivity index (χ1) is 14.4. The normalized spacial score (nSPS) is 15.9. The van der Waals surface area contributed by atoms with E-state index in [2.05, 4.69) is 15.1 Å². The lowest BCUT2D eigenvalue weighted by molar-refractivity contribution is 0.241. The number of piperidine rings is 1. The van der Waals surface area contributed by atoms with Gasteiger partial charge in [0.1, 0.15) is 5.75 Å². The highest BCUT2D eigenvalue weighted by atomic mass is 32.2. The van der Waals surface area contributed by atoms with Crippen LogP contribution in [-0.4, -0.2) is 40.9 Å². The summed E-state index contributed by atoms with van der Waals surface area (Å²) in [5, 5.41) is 4.07. The number of hydrogen-bond acceptors (Lipinski definition) is 7. The maximum atomic E-state index is 13.1. The van der Waals surface area contributed by atoms with E-state index in [1.807, 2.05) is 26.0 Å². The van der Waals surface area contributed by atoms with E-state index in [1.165, 1.54) is 0 Å². The molecule has 0 atom stereocenters. The van der Waals surface area contributed by atoms with Gasteiger partial charge in [0.2, 0.25) is 10.0 Å². The van der Waals surface area contributed by atoms with Crippen LogP contribution in [0.2, 0.25) is 0 Å². The number of aryl methyl sites for hydroxylation is 2. The molecule has 158 valence electrons. The third-order valence-electron chi connectivity index (χ3n) is 5.26. The van der Waals surface area contributed by atoms with Crippen LogP contribution in [0.15, 0.2) is 52.1 Å². The third kappa shape index (κ3) is 4.36. The molecule has 1 fully saturated rings. The number of sulfonamides is 1. The molecule has 0 bridgehead atoms. The van der Waals surface area contributed by atoms with Gasteiger partial charge in [0, 0.05) is 25.2 Å². The van der Waals surface area contributed by atoms with E-state index in [0.717, 1.165) is 11.1 Å². The van der Waals surface area contributed by atoms with Crippen LogP contribution in [0.4, 0.5) is 0 Å². The van der Waals surface area contributed by atoms with Gasteiger partial charge in [0.25, 0.3) is 5.89 Å². The van der Waals surface area contributed by atoms with Crippen molar-refractivity contribution in [3.05, 3.63) is 65.6 Å². The number of rotatable bonds is 6. The molecular formula is C21H24N4O4S. The summed E-state index contributed by atoms with van der Waals surface area (Å²) in [6, 6.07) is 9.10. The number of pyridine rings is 1. The van der Waals surface area contributed by atoms with Gasteiger partial charge in [-0.2, -0.15) is 9.29 Å². The number of benzene rings is 1. The van der Waals surface area contributed by atoms with Crippen LogP contribution < -0.4 is 4.74 Å². The molecule has 0 aliphatic carbocycles. The summed E-state index contributed by atoms with van der Waals surface area (Å²) in [5.41, 5.74) is 1.70. The van der Waals surface area contributed by atoms with Crippen molar-refractivity contribution in [2.75, 3.05) is 13.1 Å². The molecule has 0 radical (unpaired) electrons. The maximum Gasteiger partial charge on any atom is 0.264 e. The van der Waals surface area contributed by atoms with Gasteiger partial charge in [-0.05, 0) is 56.0 Å². The minimum Gasteiger partial charge on any atom is -0.482 e. The minimum absolute atomic E-state index is 0.0611. The Kier molecular flexibility index (Phi) is 5.83. The first kappa shape index (κ1) is 20.5. The van der Waals surface area contributed by atoms with E-state index in [4.69, 9.17) is 9.26 Å². The Morgan fingerprint density at radius 1 is 1.20 bits per heavy atom. The smallest absolute Gasteiger partial charge is 0.264 e. The average molecular weight is 429 g/mol. The lowest BCUT2D eigenvalue weighted by Crippen LogP contribution is -2.38. The van der Waals surface area contributed by atoms with Crippen molar-refractivity contribution in [2.24, 2.45) is 0 Å². The summed E-state index contributed by atoms with van der Waals surface area (Å²) >= 11 is 0. The quantitative estimate of drug-likeness (QED) is 0.594. The second-order valence-corrected chi connectivity index (χ2v) is 9.38. The van der Waals surface area contributed by atoms with Gasteiger partial charge in [-0.3, -0.25) is 4.98 Å². The Morgan fingerprint density at radius 2 is 2.00 bits per heavy atom.